The molecule has 0 unspecified atom stereocenters. The van der Waals surface area contributed by atoms with Crippen molar-refractivity contribution in [3.05, 3.63) is 47.5 Å². The third kappa shape index (κ3) is 4.39. The summed E-state index contributed by atoms with van der Waals surface area (Å²) < 4.78 is 15.7. The van der Waals surface area contributed by atoms with Gasteiger partial charge in [-0.1, -0.05) is 6.07 Å². The van der Waals surface area contributed by atoms with Gasteiger partial charge in [0.25, 0.3) is 5.91 Å². The van der Waals surface area contributed by atoms with Crippen LogP contribution in [0.1, 0.15) is 29.8 Å². The summed E-state index contributed by atoms with van der Waals surface area (Å²) in [4.78, 5) is 12.5. The number of hydrogen-bond donors (Lipinski definition) is 2. The van der Waals surface area contributed by atoms with Crippen molar-refractivity contribution in [3.63, 3.8) is 0 Å². The quantitative estimate of drug-likeness (QED) is 0.794. The zero-order valence-corrected chi connectivity index (χ0v) is 15.8. The highest BCUT2D eigenvalue weighted by atomic mass is 16.5. The van der Waals surface area contributed by atoms with Crippen molar-refractivity contribution in [2.75, 3.05) is 21.3 Å². The highest BCUT2D eigenvalue weighted by Gasteiger charge is 2.25. The number of carbonyl (C=O) groups excluding carboxylic acids is 1. The number of amides is 1. The number of hydrogen-bond acceptors (Lipinski definition) is 5. The first kappa shape index (κ1) is 19.4. The number of phenolic OH excluding ortho intramolecular Hbond substituents is 1. The molecule has 0 aliphatic heterocycles. The van der Waals surface area contributed by atoms with E-state index in [0.717, 1.165) is 5.56 Å². The average molecular weight is 359 g/mol. The summed E-state index contributed by atoms with van der Waals surface area (Å²) in [7, 11) is 4.57. The Morgan fingerprint density at radius 1 is 0.962 bits per heavy atom. The third-order valence-corrected chi connectivity index (χ3v) is 4.02. The number of carbonyl (C=O) groups is 1. The molecule has 0 spiro atoms. The van der Waals surface area contributed by atoms with Crippen LogP contribution in [0.15, 0.2) is 36.4 Å². The second-order valence-electron chi connectivity index (χ2n) is 6.55. The van der Waals surface area contributed by atoms with Crippen LogP contribution in [0, 0.1) is 0 Å². The van der Waals surface area contributed by atoms with Crippen LogP contribution in [0.25, 0.3) is 0 Å². The van der Waals surface area contributed by atoms with E-state index in [0.29, 0.717) is 23.5 Å². The molecule has 0 saturated heterocycles. The Morgan fingerprint density at radius 3 is 2.12 bits per heavy atom. The van der Waals surface area contributed by atoms with Crippen LogP contribution < -0.4 is 19.5 Å². The molecule has 0 atom stereocenters. The Morgan fingerprint density at radius 2 is 1.58 bits per heavy atom. The summed E-state index contributed by atoms with van der Waals surface area (Å²) in [5, 5.41) is 12.9. The first-order valence-electron chi connectivity index (χ1n) is 8.20. The van der Waals surface area contributed by atoms with Gasteiger partial charge in [-0.2, -0.15) is 0 Å². The van der Waals surface area contributed by atoms with E-state index < -0.39 is 5.54 Å². The van der Waals surface area contributed by atoms with E-state index in [1.54, 1.807) is 43.5 Å². The molecule has 0 fully saturated rings. The summed E-state index contributed by atoms with van der Waals surface area (Å²) in [5.74, 6) is 1.26. The predicted molar refractivity (Wildman–Crippen MR) is 99.5 cm³/mol. The maximum absolute atomic E-state index is 12.5. The minimum Gasteiger partial charge on any atom is -0.504 e. The Balaban J connectivity index is 2.18. The number of aromatic hydroxyl groups is 1. The molecule has 26 heavy (non-hydrogen) atoms. The molecule has 2 aromatic carbocycles. The molecule has 6 heteroatoms. The van der Waals surface area contributed by atoms with Crippen molar-refractivity contribution in [1.29, 1.82) is 0 Å². The monoisotopic (exact) mass is 359 g/mol. The van der Waals surface area contributed by atoms with E-state index in [4.69, 9.17) is 14.2 Å². The average Bonchev–Trinajstić information content (AvgIpc) is 2.62. The maximum atomic E-state index is 12.5. The lowest BCUT2D eigenvalue weighted by Crippen LogP contribution is -2.45. The van der Waals surface area contributed by atoms with Crippen molar-refractivity contribution in [2.45, 2.75) is 25.8 Å². The Bertz CT molecular complexity index is 769. The summed E-state index contributed by atoms with van der Waals surface area (Å²) in [6.07, 6.45) is 0.495. The zero-order valence-electron chi connectivity index (χ0n) is 15.8. The highest BCUT2D eigenvalue weighted by molar-refractivity contribution is 5.94. The Labute approximate surface area is 153 Å². The standard InChI is InChI=1S/C20H25NO5/c1-20(2,21-19(23)13-6-9-15(24-3)10-7-13)12-14-8-11-16(22)18(26-5)17(14)25-4/h6-11,22H,12H2,1-5H3,(H,21,23). The molecule has 0 aliphatic rings. The van der Waals surface area contributed by atoms with Crippen LogP contribution in [0.2, 0.25) is 0 Å². The SMILES string of the molecule is COc1ccc(C(=O)NC(C)(C)Cc2ccc(O)c(OC)c2OC)cc1. The summed E-state index contributed by atoms with van der Waals surface area (Å²) >= 11 is 0. The maximum Gasteiger partial charge on any atom is 0.251 e. The van der Waals surface area contributed by atoms with E-state index in [-0.39, 0.29) is 17.4 Å². The third-order valence-electron chi connectivity index (χ3n) is 4.02. The molecule has 2 N–H and O–H groups in total. The molecule has 140 valence electrons. The van der Waals surface area contributed by atoms with Crippen LogP contribution in [0.5, 0.6) is 23.0 Å². The van der Waals surface area contributed by atoms with Crippen LogP contribution >= 0.6 is 0 Å². The topological polar surface area (TPSA) is 77.0 Å². The minimum absolute atomic E-state index is 0.00757. The van der Waals surface area contributed by atoms with Gasteiger partial charge in [0.05, 0.1) is 21.3 Å². The molecule has 0 aromatic heterocycles. The fraction of sp³-hybridized carbons (Fsp3) is 0.350. The smallest absolute Gasteiger partial charge is 0.251 e. The van der Waals surface area contributed by atoms with E-state index >= 15 is 0 Å². The van der Waals surface area contributed by atoms with Crippen LogP contribution in [-0.2, 0) is 6.42 Å². The first-order chi connectivity index (χ1) is 12.3. The molecule has 2 rings (SSSR count). The van der Waals surface area contributed by atoms with Gasteiger partial charge >= 0.3 is 0 Å². The zero-order chi connectivity index (χ0) is 19.3. The van der Waals surface area contributed by atoms with E-state index in [1.807, 2.05) is 13.8 Å². The second-order valence-corrected chi connectivity index (χ2v) is 6.55. The molecule has 2 aromatic rings. The molecule has 1 amide bonds. The Kier molecular flexibility index (Phi) is 5.97. The van der Waals surface area contributed by atoms with Gasteiger partial charge in [-0.15, -0.1) is 0 Å². The van der Waals surface area contributed by atoms with Gasteiger partial charge in [0.15, 0.2) is 11.5 Å². The van der Waals surface area contributed by atoms with Gasteiger partial charge in [0.1, 0.15) is 5.75 Å². The van der Waals surface area contributed by atoms with Crippen LogP contribution in [-0.4, -0.2) is 37.9 Å². The van der Waals surface area contributed by atoms with Gasteiger partial charge < -0.3 is 24.6 Å². The largest absolute Gasteiger partial charge is 0.504 e. The van der Waals surface area contributed by atoms with Gasteiger partial charge in [0.2, 0.25) is 5.75 Å². The fourth-order valence-electron chi connectivity index (χ4n) is 2.80. The number of nitrogens with one attached hydrogen (secondary N) is 1. The van der Waals surface area contributed by atoms with Crippen molar-refractivity contribution in [1.82, 2.24) is 5.32 Å². The molecule has 0 radical (unpaired) electrons. The number of methoxy groups -OCH3 is 3. The highest BCUT2D eigenvalue weighted by Crippen LogP contribution is 2.40. The van der Waals surface area contributed by atoms with Crippen molar-refractivity contribution in [3.8, 4) is 23.0 Å². The molecule has 0 heterocycles. The number of ether oxygens (including phenoxy) is 3. The van der Waals surface area contributed by atoms with Gasteiger partial charge in [-0.3, -0.25) is 4.79 Å². The minimum atomic E-state index is -0.549. The number of rotatable bonds is 7. The number of phenols is 1. The number of benzene rings is 2. The van der Waals surface area contributed by atoms with Gasteiger partial charge in [0, 0.05) is 16.7 Å². The summed E-state index contributed by atoms with van der Waals surface area (Å²) in [6.45, 7) is 3.85. The predicted octanol–water partition coefficient (Wildman–Crippen LogP) is 3.17. The van der Waals surface area contributed by atoms with Crippen molar-refractivity contribution < 1.29 is 24.1 Å². The lowest BCUT2D eigenvalue weighted by atomic mass is 9.93. The normalized spacial score (nSPS) is 11.0. The van der Waals surface area contributed by atoms with E-state index in [1.165, 1.54) is 14.2 Å². The fourth-order valence-corrected chi connectivity index (χ4v) is 2.80. The molecular weight excluding hydrogens is 334 g/mol. The van der Waals surface area contributed by atoms with E-state index in [2.05, 4.69) is 5.32 Å². The van der Waals surface area contributed by atoms with Crippen LogP contribution in [0.4, 0.5) is 0 Å². The summed E-state index contributed by atoms with van der Waals surface area (Å²) in [5.41, 5.74) is 0.822. The summed E-state index contributed by atoms with van der Waals surface area (Å²) in [6, 6.07) is 10.2. The van der Waals surface area contributed by atoms with Crippen molar-refractivity contribution >= 4 is 5.91 Å². The second kappa shape index (κ2) is 7.99. The van der Waals surface area contributed by atoms with Gasteiger partial charge in [-0.05, 0) is 50.6 Å². The Hall–Kier alpha value is -2.89. The lowest BCUT2D eigenvalue weighted by Gasteiger charge is -2.28. The van der Waals surface area contributed by atoms with E-state index in [9.17, 15) is 9.90 Å². The molecule has 0 bridgehead atoms. The molecular formula is C20H25NO5. The molecule has 0 aliphatic carbocycles. The van der Waals surface area contributed by atoms with Crippen LogP contribution in [0.3, 0.4) is 0 Å². The van der Waals surface area contributed by atoms with Gasteiger partial charge in [-0.25, -0.2) is 0 Å². The lowest BCUT2D eigenvalue weighted by molar-refractivity contribution is 0.0912. The molecule has 0 saturated carbocycles. The molecule has 6 nitrogen and oxygen atoms in total. The first-order valence-corrected chi connectivity index (χ1v) is 8.20. The van der Waals surface area contributed by atoms with Crippen molar-refractivity contribution in [2.24, 2.45) is 0 Å².